The van der Waals surface area contributed by atoms with Gasteiger partial charge in [0.25, 0.3) is 0 Å². The lowest BCUT2D eigenvalue weighted by atomic mass is 9.95. The number of piperidine rings is 1. The minimum atomic E-state index is 0.223. The molecule has 0 spiro atoms. The Kier molecular flexibility index (Phi) is 4.88. The number of hydrogen-bond acceptors (Lipinski definition) is 5. The number of nitrogens with zero attached hydrogens (tertiary/aromatic N) is 5. The lowest BCUT2D eigenvalue weighted by molar-refractivity contribution is -0.130. The Morgan fingerprint density at radius 1 is 1.04 bits per heavy atom. The predicted octanol–water partition coefficient (Wildman–Crippen LogP) is 1.78. The molecular weight excluding hydrogens is 314 g/mol. The van der Waals surface area contributed by atoms with Crippen molar-refractivity contribution in [2.24, 2.45) is 5.92 Å². The lowest BCUT2D eigenvalue weighted by Gasteiger charge is -2.41. The first-order valence-electron chi connectivity index (χ1n) is 9.75. The number of carbonyl (C=O) groups is 1. The molecule has 1 aromatic heterocycles. The van der Waals surface area contributed by atoms with Crippen molar-refractivity contribution >= 4 is 11.9 Å². The highest BCUT2D eigenvalue weighted by molar-refractivity contribution is 5.73. The Balaban J connectivity index is 1.46. The van der Waals surface area contributed by atoms with Crippen LogP contribution < -0.4 is 4.90 Å². The van der Waals surface area contributed by atoms with Crippen LogP contribution in [0.4, 0.5) is 5.95 Å². The van der Waals surface area contributed by atoms with Crippen LogP contribution in [0.5, 0.6) is 0 Å². The molecule has 3 fully saturated rings. The Morgan fingerprint density at radius 3 is 2.52 bits per heavy atom. The van der Waals surface area contributed by atoms with Crippen LogP contribution in [0.1, 0.15) is 39.0 Å². The van der Waals surface area contributed by atoms with Crippen LogP contribution in [0.3, 0.4) is 0 Å². The molecule has 6 heteroatoms. The smallest absolute Gasteiger partial charge is 0.225 e. The fraction of sp³-hybridized carbons (Fsp3) is 0.737. The van der Waals surface area contributed by atoms with Gasteiger partial charge < -0.3 is 9.80 Å². The monoisotopic (exact) mass is 343 g/mol. The number of fused-ring (bicyclic) bond motifs is 1. The van der Waals surface area contributed by atoms with Gasteiger partial charge in [-0.05, 0) is 44.2 Å². The predicted molar refractivity (Wildman–Crippen MR) is 97.4 cm³/mol. The highest BCUT2D eigenvalue weighted by atomic mass is 16.2. The van der Waals surface area contributed by atoms with Gasteiger partial charge in [0.2, 0.25) is 11.9 Å². The summed E-state index contributed by atoms with van der Waals surface area (Å²) in [5.41, 5.74) is 0. The molecule has 3 saturated heterocycles. The number of anilines is 1. The summed E-state index contributed by atoms with van der Waals surface area (Å²) in [5, 5.41) is 0. The number of amides is 1. The van der Waals surface area contributed by atoms with E-state index in [1.54, 1.807) is 6.92 Å². The molecule has 4 heterocycles. The molecular formula is C19H29N5O. The Labute approximate surface area is 150 Å². The molecule has 0 aliphatic carbocycles. The summed E-state index contributed by atoms with van der Waals surface area (Å²) < 4.78 is 0. The topological polar surface area (TPSA) is 52.6 Å². The van der Waals surface area contributed by atoms with Crippen LogP contribution in [-0.4, -0.2) is 70.5 Å². The van der Waals surface area contributed by atoms with Crippen LogP contribution in [0.15, 0.2) is 18.5 Å². The molecule has 0 radical (unpaired) electrons. The summed E-state index contributed by atoms with van der Waals surface area (Å²) in [6, 6.07) is 3.12. The average Bonchev–Trinajstić information content (AvgIpc) is 2.97. The van der Waals surface area contributed by atoms with Crippen LogP contribution in [0.2, 0.25) is 0 Å². The van der Waals surface area contributed by atoms with Crippen molar-refractivity contribution in [3.05, 3.63) is 18.5 Å². The molecule has 3 aliphatic heterocycles. The summed E-state index contributed by atoms with van der Waals surface area (Å²) >= 11 is 0. The maximum absolute atomic E-state index is 11.6. The fourth-order valence-electron chi connectivity index (χ4n) is 4.96. The minimum absolute atomic E-state index is 0.223. The number of rotatable bonds is 2. The standard InChI is InChI=1S/C19H29N5O/c1-15(25)22-11-6-17(7-12-22)24-10-3-2-5-16-13-23(14-18(16)24)19-20-8-4-9-21-19/h4,8-9,16-18H,2-3,5-7,10-14H2,1H3/t16-,18+/m0/s1. The molecule has 0 aromatic carbocycles. The van der Waals surface area contributed by atoms with Crippen molar-refractivity contribution in [1.29, 1.82) is 0 Å². The van der Waals surface area contributed by atoms with Gasteiger partial charge in [0.05, 0.1) is 0 Å². The van der Waals surface area contributed by atoms with Gasteiger partial charge in [0.1, 0.15) is 0 Å². The summed E-state index contributed by atoms with van der Waals surface area (Å²) in [6.45, 7) is 6.85. The van der Waals surface area contributed by atoms with Gasteiger partial charge in [-0.2, -0.15) is 0 Å². The summed E-state index contributed by atoms with van der Waals surface area (Å²) in [7, 11) is 0. The molecule has 0 saturated carbocycles. The van der Waals surface area contributed by atoms with E-state index in [1.807, 2.05) is 23.4 Å². The van der Waals surface area contributed by atoms with Crippen molar-refractivity contribution < 1.29 is 4.79 Å². The van der Waals surface area contributed by atoms with E-state index < -0.39 is 0 Å². The molecule has 6 nitrogen and oxygen atoms in total. The lowest BCUT2D eigenvalue weighted by Crippen LogP contribution is -2.51. The van der Waals surface area contributed by atoms with E-state index >= 15 is 0 Å². The minimum Gasteiger partial charge on any atom is -0.343 e. The maximum atomic E-state index is 11.6. The Hall–Kier alpha value is -1.69. The molecule has 1 aromatic rings. The zero-order chi connectivity index (χ0) is 17.2. The zero-order valence-electron chi connectivity index (χ0n) is 15.2. The van der Waals surface area contributed by atoms with Crippen molar-refractivity contribution in [1.82, 2.24) is 19.8 Å². The molecule has 2 atom stereocenters. The van der Waals surface area contributed by atoms with E-state index in [2.05, 4.69) is 19.8 Å². The first kappa shape index (κ1) is 16.8. The van der Waals surface area contributed by atoms with Crippen LogP contribution in [0, 0.1) is 5.92 Å². The molecule has 1 amide bonds. The van der Waals surface area contributed by atoms with Gasteiger partial charge in [-0.3, -0.25) is 9.69 Å². The molecule has 0 bridgehead atoms. The third-order valence-electron chi connectivity index (χ3n) is 6.29. The first-order chi connectivity index (χ1) is 12.2. The van der Waals surface area contributed by atoms with Crippen molar-refractivity contribution in [3.8, 4) is 0 Å². The second kappa shape index (κ2) is 7.28. The third kappa shape index (κ3) is 3.50. The van der Waals surface area contributed by atoms with Gasteiger partial charge in [0, 0.05) is 57.6 Å². The van der Waals surface area contributed by atoms with E-state index in [9.17, 15) is 4.79 Å². The fourth-order valence-corrected chi connectivity index (χ4v) is 4.96. The van der Waals surface area contributed by atoms with Gasteiger partial charge in [0.15, 0.2) is 0 Å². The Morgan fingerprint density at radius 2 is 1.80 bits per heavy atom. The number of hydrogen-bond donors (Lipinski definition) is 0. The number of likely N-dealkylation sites (tertiary alicyclic amines) is 2. The molecule has 3 aliphatic rings. The number of aromatic nitrogens is 2. The summed E-state index contributed by atoms with van der Waals surface area (Å²) in [5.74, 6) is 1.82. The molecule has 136 valence electrons. The van der Waals surface area contributed by atoms with Crippen LogP contribution >= 0.6 is 0 Å². The van der Waals surface area contributed by atoms with E-state index in [1.165, 1.54) is 25.8 Å². The second-order valence-electron chi connectivity index (χ2n) is 7.75. The normalized spacial score (nSPS) is 28.7. The van der Waals surface area contributed by atoms with Crippen LogP contribution in [-0.2, 0) is 4.79 Å². The highest BCUT2D eigenvalue weighted by Gasteiger charge is 2.41. The van der Waals surface area contributed by atoms with Gasteiger partial charge >= 0.3 is 0 Å². The molecule has 4 rings (SSSR count). The molecule has 0 N–H and O–H groups in total. The van der Waals surface area contributed by atoms with Crippen molar-refractivity contribution in [3.63, 3.8) is 0 Å². The Bertz CT molecular complexity index is 587. The van der Waals surface area contributed by atoms with E-state index in [4.69, 9.17) is 0 Å². The van der Waals surface area contributed by atoms with E-state index in [0.29, 0.717) is 12.1 Å². The quantitative estimate of drug-likeness (QED) is 0.819. The summed E-state index contributed by atoms with van der Waals surface area (Å²) in [6.07, 6.45) is 9.86. The van der Waals surface area contributed by atoms with Crippen LogP contribution in [0.25, 0.3) is 0 Å². The number of carbonyl (C=O) groups excluding carboxylic acids is 1. The van der Waals surface area contributed by atoms with Gasteiger partial charge in [-0.1, -0.05) is 6.42 Å². The molecule has 25 heavy (non-hydrogen) atoms. The van der Waals surface area contributed by atoms with Crippen molar-refractivity contribution in [2.75, 3.05) is 37.6 Å². The van der Waals surface area contributed by atoms with E-state index in [-0.39, 0.29) is 5.91 Å². The van der Waals surface area contributed by atoms with Gasteiger partial charge in [-0.15, -0.1) is 0 Å². The largest absolute Gasteiger partial charge is 0.343 e. The van der Waals surface area contributed by atoms with E-state index in [0.717, 1.165) is 50.9 Å². The third-order valence-corrected chi connectivity index (χ3v) is 6.29. The highest BCUT2D eigenvalue weighted by Crippen LogP contribution is 2.34. The zero-order valence-corrected chi connectivity index (χ0v) is 15.2. The first-order valence-corrected chi connectivity index (χ1v) is 9.75. The SMILES string of the molecule is CC(=O)N1CCC(N2CCCC[C@H]3CN(c4ncccn4)C[C@H]32)CC1. The second-order valence-corrected chi connectivity index (χ2v) is 7.75. The molecule has 0 unspecified atom stereocenters. The maximum Gasteiger partial charge on any atom is 0.225 e. The average molecular weight is 343 g/mol. The van der Waals surface area contributed by atoms with Gasteiger partial charge in [-0.25, -0.2) is 9.97 Å². The van der Waals surface area contributed by atoms with Crippen molar-refractivity contribution in [2.45, 2.75) is 51.1 Å². The summed E-state index contributed by atoms with van der Waals surface area (Å²) in [4.78, 5) is 27.7.